The first kappa shape index (κ1) is 9.54. The molecule has 3 rings (SSSR count). The molecule has 0 aliphatic carbocycles. The van der Waals surface area contributed by atoms with Crippen molar-refractivity contribution in [2.75, 3.05) is 10.2 Å². The Balaban J connectivity index is 2.59. The lowest BCUT2D eigenvalue weighted by atomic mass is 10.1. The highest BCUT2D eigenvalue weighted by Gasteiger charge is 2.24. The van der Waals surface area contributed by atoms with Crippen molar-refractivity contribution in [1.82, 2.24) is 4.57 Å². The van der Waals surface area contributed by atoms with Crippen molar-refractivity contribution in [3.63, 3.8) is 0 Å². The van der Waals surface area contributed by atoms with Crippen LogP contribution in [0.3, 0.4) is 0 Å². The van der Waals surface area contributed by atoms with Crippen LogP contribution >= 0.6 is 11.8 Å². The van der Waals surface area contributed by atoms with Crippen molar-refractivity contribution in [2.45, 2.75) is 6.54 Å². The normalized spacial score (nSPS) is 13.8. The van der Waals surface area contributed by atoms with E-state index in [2.05, 4.69) is 0 Å². The van der Waals surface area contributed by atoms with Crippen molar-refractivity contribution in [2.24, 2.45) is 7.05 Å². The number of nitrogens with zero attached hydrogens (tertiary/aromatic N) is 2. The lowest BCUT2D eigenvalue weighted by molar-refractivity contribution is 0.907. The summed E-state index contributed by atoms with van der Waals surface area (Å²) >= 11 is 6.07. The number of nitrogens with two attached hydrogens (primary N) is 1. The topological polar surface area (TPSA) is 51.3 Å². The lowest BCUT2D eigenvalue weighted by Gasteiger charge is -2.09. The van der Waals surface area contributed by atoms with Crippen LogP contribution in [0.2, 0.25) is 0 Å². The molecule has 82 valence electrons. The van der Waals surface area contributed by atoms with E-state index in [0.717, 1.165) is 27.8 Å². The van der Waals surface area contributed by atoms with E-state index in [0.29, 0.717) is 6.54 Å². The molecule has 1 aromatic heterocycles. The van der Waals surface area contributed by atoms with E-state index in [1.165, 1.54) is 4.42 Å². The number of hydrogen-bond acceptors (Lipinski definition) is 3. The molecule has 0 bridgehead atoms. The van der Waals surface area contributed by atoms with Gasteiger partial charge < -0.3 is 10.3 Å². The standard InChI is InChI=1S/C11H10ClN3O/c1-14-8-3-2-7(13)6-5-15(12)9(11(6)8)4-10(14)16/h2-4H,5,13H2,1H3. The van der Waals surface area contributed by atoms with Crippen LogP contribution in [0.4, 0.5) is 11.4 Å². The average Bonchev–Trinajstić information content (AvgIpc) is 2.57. The van der Waals surface area contributed by atoms with E-state index in [1.807, 2.05) is 12.1 Å². The van der Waals surface area contributed by atoms with Crippen LogP contribution < -0.4 is 15.7 Å². The maximum absolute atomic E-state index is 11.7. The van der Waals surface area contributed by atoms with E-state index < -0.39 is 0 Å². The van der Waals surface area contributed by atoms with E-state index in [1.54, 1.807) is 17.7 Å². The number of anilines is 2. The van der Waals surface area contributed by atoms with Crippen molar-refractivity contribution >= 4 is 34.1 Å². The third kappa shape index (κ3) is 1.02. The Morgan fingerprint density at radius 3 is 2.94 bits per heavy atom. The third-order valence-corrected chi connectivity index (χ3v) is 3.40. The molecular weight excluding hydrogens is 226 g/mol. The van der Waals surface area contributed by atoms with Crippen LogP contribution in [0.1, 0.15) is 5.56 Å². The Kier molecular flexibility index (Phi) is 1.74. The second-order valence-corrected chi connectivity index (χ2v) is 4.38. The molecule has 1 aromatic carbocycles. The van der Waals surface area contributed by atoms with Gasteiger partial charge in [-0.05, 0) is 12.1 Å². The van der Waals surface area contributed by atoms with E-state index >= 15 is 0 Å². The predicted molar refractivity (Wildman–Crippen MR) is 65.6 cm³/mol. The van der Waals surface area contributed by atoms with Gasteiger partial charge in [-0.15, -0.1) is 0 Å². The fourth-order valence-corrected chi connectivity index (χ4v) is 2.46. The van der Waals surface area contributed by atoms with Crippen molar-refractivity contribution in [3.05, 3.63) is 34.1 Å². The molecule has 0 atom stereocenters. The Labute approximate surface area is 96.9 Å². The van der Waals surface area contributed by atoms with Crippen LogP contribution in [0.15, 0.2) is 23.0 Å². The smallest absolute Gasteiger partial charge is 0.252 e. The molecule has 1 aliphatic rings. The molecule has 16 heavy (non-hydrogen) atoms. The number of pyridine rings is 1. The van der Waals surface area contributed by atoms with Gasteiger partial charge in [0.25, 0.3) is 5.56 Å². The fourth-order valence-electron chi connectivity index (χ4n) is 2.21. The van der Waals surface area contributed by atoms with Gasteiger partial charge in [0.05, 0.1) is 17.7 Å². The fraction of sp³-hybridized carbons (Fsp3) is 0.182. The molecule has 4 nitrogen and oxygen atoms in total. The minimum absolute atomic E-state index is 0.0641. The number of benzene rings is 1. The molecule has 0 amide bonds. The van der Waals surface area contributed by atoms with Crippen LogP contribution in [-0.2, 0) is 13.6 Å². The van der Waals surface area contributed by atoms with Crippen LogP contribution in [-0.4, -0.2) is 4.57 Å². The third-order valence-electron chi connectivity index (χ3n) is 3.09. The van der Waals surface area contributed by atoms with Crippen LogP contribution in [0.5, 0.6) is 0 Å². The Bertz CT molecular complexity index is 662. The van der Waals surface area contributed by atoms with Gasteiger partial charge in [0, 0.05) is 41.5 Å². The number of rotatable bonds is 0. The zero-order valence-corrected chi connectivity index (χ0v) is 9.45. The molecule has 1 aliphatic heterocycles. The molecule has 2 aromatic rings. The second kappa shape index (κ2) is 2.92. The van der Waals surface area contributed by atoms with Crippen LogP contribution in [0, 0.1) is 0 Å². The Hall–Kier alpha value is -1.68. The summed E-state index contributed by atoms with van der Waals surface area (Å²) in [5.74, 6) is 0. The van der Waals surface area contributed by atoms with Crippen LogP contribution in [0.25, 0.3) is 10.9 Å². The number of aryl methyl sites for hydroxylation is 1. The number of halogens is 1. The first-order chi connectivity index (χ1) is 7.59. The van der Waals surface area contributed by atoms with Crippen molar-refractivity contribution < 1.29 is 0 Å². The van der Waals surface area contributed by atoms with Crippen molar-refractivity contribution in [1.29, 1.82) is 0 Å². The first-order valence-corrected chi connectivity index (χ1v) is 5.28. The molecule has 0 fully saturated rings. The molecule has 0 saturated carbocycles. The Morgan fingerprint density at radius 1 is 1.44 bits per heavy atom. The second-order valence-electron chi connectivity index (χ2n) is 3.97. The SMILES string of the molecule is Cn1c(=O)cc2c3c(c(N)ccc31)CN2Cl. The molecular formula is C11H10ClN3O. The van der Waals surface area contributed by atoms with Gasteiger partial charge >= 0.3 is 0 Å². The highest BCUT2D eigenvalue weighted by molar-refractivity contribution is 6.29. The molecule has 5 heteroatoms. The molecule has 0 spiro atoms. The molecule has 2 N–H and O–H groups in total. The van der Waals surface area contributed by atoms with Gasteiger partial charge in [-0.2, -0.15) is 0 Å². The molecule has 2 heterocycles. The van der Waals surface area contributed by atoms with Gasteiger partial charge in [0.2, 0.25) is 0 Å². The highest BCUT2D eigenvalue weighted by Crippen LogP contribution is 2.39. The summed E-state index contributed by atoms with van der Waals surface area (Å²) in [7, 11) is 1.75. The Morgan fingerprint density at radius 2 is 2.19 bits per heavy atom. The van der Waals surface area contributed by atoms with E-state index in [9.17, 15) is 4.79 Å². The summed E-state index contributed by atoms with van der Waals surface area (Å²) in [6.45, 7) is 0.545. The quantitative estimate of drug-likeness (QED) is 0.557. The maximum Gasteiger partial charge on any atom is 0.252 e. The molecule has 0 saturated heterocycles. The predicted octanol–water partition coefficient (Wildman–Crippen LogP) is 1.59. The van der Waals surface area contributed by atoms with Gasteiger partial charge in [0.15, 0.2) is 0 Å². The summed E-state index contributed by atoms with van der Waals surface area (Å²) in [4.78, 5) is 11.7. The van der Waals surface area contributed by atoms with Gasteiger partial charge in [-0.3, -0.25) is 9.21 Å². The summed E-state index contributed by atoms with van der Waals surface area (Å²) in [5, 5.41) is 0.983. The van der Waals surface area contributed by atoms with Crippen molar-refractivity contribution in [3.8, 4) is 0 Å². The lowest BCUT2D eigenvalue weighted by Crippen LogP contribution is -2.16. The largest absolute Gasteiger partial charge is 0.398 e. The summed E-state index contributed by atoms with van der Waals surface area (Å²) in [6.07, 6.45) is 0. The van der Waals surface area contributed by atoms with E-state index in [4.69, 9.17) is 17.5 Å². The minimum atomic E-state index is -0.0641. The van der Waals surface area contributed by atoms with Gasteiger partial charge in [-0.25, -0.2) is 0 Å². The molecule has 0 unspecified atom stereocenters. The number of nitrogen functional groups attached to an aromatic ring is 1. The van der Waals surface area contributed by atoms with Gasteiger partial charge in [-0.1, -0.05) is 0 Å². The maximum atomic E-state index is 11.7. The summed E-state index contributed by atoms with van der Waals surface area (Å²) < 4.78 is 3.15. The van der Waals surface area contributed by atoms with E-state index in [-0.39, 0.29) is 5.56 Å². The zero-order valence-electron chi connectivity index (χ0n) is 8.70. The summed E-state index contributed by atoms with van der Waals surface area (Å²) in [5.41, 5.74) is 9.18. The number of aromatic nitrogens is 1. The van der Waals surface area contributed by atoms with Gasteiger partial charge in [0.1, 0.15) is 0 Å². The minimum Gasteiger partial charge on any atom is -0.398 e. The zero-order chi connectivity index (χ0) is 11.4. The highest BCUT2D eigenvalue weighted by atomic mass is 35.5. The average molecular weight is 236 g/mol. The summed E-state index contributed by atoms with van der Waals surface area (Å²) in [6, 6.07) is 5.22. The molecule has 0 radical (unpaired) electrons. The number of hydrogen-bond donors (Lipinski definition) is 1. The monoisotopic (exact) mass is 235 g/mol. The first-order valence-electron chi connectivity index (χ1n) is 4.94.